The first kappa shape index (κ1) is 11.5. The van der Waals surface area contributed by atoms with E-state index in [1.807, 2.05) is 0 Å². The van der Waals surface area contributed by atoms with Gasteiger partial charge in [0.15, 0.2) is 0 Å². The van der Waals surface area contributed by atoms with Gasteiger partial charge in [-0.1, -0.05) is 0 Å². The van der Waals surface area contributed by atoms with Crippen molar-refractivity contribution in [1.29, 1.82) is 0 Å². The first-order valence-electron chi connectivity index (χ1n) is 5.08. The van der Waals surface area contributed by atoms with Gasteiger partial charge in [-0.3, -0.25) is 9.63 Å². The third kappa shape index (κ3) is 2.41. The lowest BCUT2D eigenvalue weighted by Gasteiger charge is -2.25. The summed E-state index contributed by atoms with van der Waals surface area (Å²) >= 11 is 3.04. The molecule has 1 aliphatic heterocycles. The van der Waals surface area contributed by atoms with Crippen LogP contribution in [0.5, 0.6) is 0 Å². The number of hydrogen-bond donors (Lipinski definition) is 0. The molecule has 2 rings (SSSR count). The molecule has 1 aromatic carbocycles. The highest BCUT2D eigenvalue weighted by atomic mass is 79.9. The van der Waals surface area contributed by atoms with Gasteiger partial charge in [-0.25, -0.2) is 9.45 Å². The molecule has 5 heteroatoms. The molecule has 0 N–H and O–H groups in total. The van der Waals surface area contributed by atoms with Gasteiger partial charge >= 0.3 is 0 Å². The lowest BCUT2D eigenvalue weighted by molar-refractivity contribution is -0.144. The maximum Gasteiger partial charge on any atom is 0.277 e. The molecule has 0 aromatic heterocycles. The zero-order valence-corrected chi connectivity index (χ0v) is 10.2. The van der Waals surface area contributed by atoms with Crippen LogP contribution in [-0.2, 0) is 4.84 Å². The van der Waals surface area contributed by atoms with Crippen LogP contribution >= 0.6 is 15.9 Å². The third-order valence-corrected chi connectivity index (χ3v) is 3.04. The van der Waals surface area contributed by atoms with Gasteiger partial charge < -0.3 is 0 Å². The van der Waals surface area contributed by atoms with E-state index in [9.17, 15) is 9.18 Å². The number of carbonyl (C=O) groups is 1. The molecular formula is C11H11BrFNO2. The van der Waals surface area contributed by atoms with E-state index in [0.717, 1.165) is 12.8 Å². The number of nitrogens with zero attached hydrogens (tertiary/aromatic N) is 1. The van der Waals surface area contributed by atoms with Gasteiger partial charge in [0, 0.05) is 12.1 Å². The van der Waals surface area contributed by atoms with Crippen LogP contribution in [0.4, 0.5) is 4.39 Å². The van der Waals surface area contributed by atoms with Gasteiger partial charge in [0.25, 0.3) is 5.91 Å². The Labute approximate surface area is 101 Å². The number of rotatable bonds is 1. The Bertz CT molecular complexity index is 405. The van der Waals surface area contributed by atoms with Crippen LogP contribution in [0.25, 0.3) is 0 Å². The summed E-state index contributed by atoms with van der Waals surface area (Å²) in [7, 11) is 0. The third-order valence-electron chi connectivity index (χ3n) is 2.40. The lowest BCUT2D eigenvalue weighted by atomic mass is 10.2. The summed E-state index contributed by atoms with van der Waals surface area (Å²) in [6, 6.07) is 4.31. The molecule has 1 saturated heterocycles. The Balaban J connectivity index is 2.16. The van der Waals surface area contributed by atoms with E-state index in [0.29, 0.717) is 23.2 Å². The molecule has 0 saturated carbocycles. The molecule has 0 atom stereocenters. The van der Waals surface area contributed by atoms with Crippen molar-refractivity contribution in [1.82, 2.24) is 5.06 Å². The van der Waals surface area contributed by atoms with Crippen molar-refractivity contribution in [2.75, 3.05) is 13.2 Å². The van der Waals surface area contributed by atoms with Gasteiger partial charge in [-0.2, -0.15) is 0 Å². The van der Waals surface area contributed by atoms with Crippen molar-refractivity contribution >= 4 is 21.8 Å². The summed E-state index contributed by atoms with van der Waals surface area (Å²) < 4.78 is 13.6. The van der Waals surface area contributed by atoms with Crippen molar-refractivity contribution in [2.45, 2.75) is 12.8 Å². The number of halogens is 2. The van der Waals surface area contributed by atoms with Gasteiger partial charge in [0.1, 0.15) is 5.82 Å². The molecular weight excluding hydrogens is 277 g/mol. The van der Waals surface area contributed by atoms with Gasteiger partial charge in [-0.05, 0) is 47.0 Å². The fourth-order valence-electron chi connectivity index (χ4n) is 1.53. The average molecular weight is 288 g/mol. The highest BCUT2D eigenvalue weighted by molar-refractivity contribution is 9.10. The first-order chi connectivity index (χ1) is 7.68. The van der Waals surface area contributed by atoms with Crippen molar-refractivity contribution in [3.05, 3.63) is 34.1 Å². The lowest BCUT2D eigenvalue weighted by Crippen LogP contribution is -2.35. The molecule has 16 heavy (non-hydrogen) atoms. The van der Waals surface area contributed by atoms with Crippen molar-refractivity contribution in [3.8, 4) is 0 Å². The Morgan fingerprint density at radius 2 is 2.25 bits per heavy atom. The molecule has 1 aliphatic rings. The summed E-state index contributed by atoms with van der Waals surface area (Å²) in [5, 5.41) is 1.30. The number of hydrogen-bond acceptors (Lipinski definition) is 2. The molecule has 3 nitrogen and oxygen atoms in total. The molecule has 86 valence electrons. The highest BCUT2D eigenvalue weighted by Gasteiger charge is 2.20. The fourth-order valence-corrected chi connectivity index (χ4v) is 1.78. The van der Waals surface area contributed by atoms with Crippen LogP contribution in [0.15, 0.2) is 22.7 Å². The van der Waals surface area contributed by atoms with E-state index in [1.54, 1.807) is 6.07 Å². The Hall–Kier alpha value is -0.940. The summed E-state index contributed by atoms with van der Waals surface area (Å²) in [5.74, 6) is -0.728. The van der Waals surface area contributed by atoms with E-state index in [-0.39, 0.29) is 5.91 Å². The minimum atomic E-state index is -0.442. The maximum atomic E-state index is 13.2. The van der Waals surface area contributed by atoms with Gasteiger partial charge in [-0.15, -0.1) is 0 Å². The van der Waals surface area contributed by atoms with E-state index >= 15 is 0 Å². The first-order valence-corrected chi connectivity index (χ1v) is 5.87. The second-order valence-corrected chi connectivity index (χ2v) is 4.43. The summed E-state index contributed by atoms with van der Waals surface area (Å²) in [6.07, 6.45) is 1.88. The zero-order chi connectivity index (χ0) is 11.5. The quantitative estimate of drug-likeness (QED) is 0.795. The van der Waals surface area contributed by atoms with Crippen molar-refractivity contribution in [3.63, 3.8) is 0 Å². The number of amides is 1. The molecule has 1 aromatic rings. The van der Waals surface area contributed by atoms with E-state index in [2.05, 4.69) is 15.9 Å². The van der Waals surface area contributed by atoms with E-state index in [4.69, 9.17) is 4.84 Å². The smallest absolute Gasteiger partial charge is 0.271 e. The minimum absolute atomic E-state index is 0.286. The fraction of sp³-hybridized carbons (Fsp3) is 0.364. The zero-order valence-electron chi connectivity index (χ0n) is 8.58. The highest BCUT2D eigenvalue weighted by Crippen LogP contribution is 2.18. The summed E-state index contributed by atoms with van der Waals surface area (Å²) in [6.45, 7) is 1.11. The van der Waals surface area contributed by atoms with E-state index < -0.39 is 5.82 Å². The van der Waals surface area contributed by atoms with E-state index in [1.165, 1.54) is 17.2 Å². The Morgan fingerprint density at radius 1 is 1.44 bits per heavy atom. The van der Waals surface area contributed by atoms with Gasteiger partial charge in [0.2, 0.25) is 0 Å². The van der Waals surface area contributed by atoms with Crippen LogP contribution < -0.4 is 0 Å². The van der Waals surface area contributed by atoms with Crippen LogP contribution in [0.1, 0.15) is 23.2 Å². The van der Waals surface area contributed by atoms with Crippen LogP contribution in [0.2, 0.25) is 0 Å². The molecule has 0 spiro atoms. The molecule has 0 bridgehead atoms. The Morgan fingerprint density at radius 3 is 2.88 bits per heavy atom. The second kappa shape index (κ2) is 4.93. The standard InChI is InChI=1S/C11H11BrFNO2/c12-9-4-3-8(7-10(9)13)11(15)14-5-1-2-6-16-14/h3-4,7H,1-2,5-6H2. The minimum Gasteiger partial charge on any atom is -0.271 e. The predicted molar refractivity (Wildman–Crippen MR) is 60.3 cm³/mol. The molecule has 1 fully saturated rings. The van der Waals surface area contributed by atoms with Crippen LogP contribution in [-0.4, -0.2) is 24.1 Å². The number of hydroxylamine groups is 2. The number of carbonyl (C=O) groups excluding carboxylic acids is 1. The number of benzene rings is 1. The SMILES string of the molecule is O=C(c1ccc(Br)c(F)c1)N1CCCCO1. The van der Waals surface area contributed by atoms with Crippen LogP contribution in [0.3, 0.4) is 0 Å². The van der Waals surface area contributed by atoms with Crippen molar-refractivity contribution < 1.29 is 14.0 Å². The maximum absolute atomic E-state index is 13.2. The topological polar surface area (TPSA) is 29.5 Å². The van der Waals surface area contributed by atoms with Crippen molar-refractivity contribution in [2.24, 2.45) is 0 Å². The Kier molecular flexibility index (Phi) is 3.56. The molecule has 1 heterocycles. The molecule has 1 amide bonds. The summed E-state index contributed by atoms with van der Waals surface area (Å²) in [5.41, 5.74) is 0.308. The predicted octanol–water partition coefficient (Wildman–Crippen LogP) is 2.76. The average Bonchev–Trinajstić information content (AvgIpc) is 2.33. The molecule has 0 radical (unpaired) electrons. The van der Waals surface area contributed by atoms with Crippen LogP contribution in [0, 0.1) is 5.82 Å². The second-order valence-electron chi connectivity index (χ2n) is 3.58. The largest absolute Gasteiger partial charge is 0.277 e. The van der Waals surface area contributed by atoms with Gasteiger partial charge in [0.05, 0.1) is 11.1 Å². The summed E-state index contributed by atoms with van der Waals surface area (Å²) in [4.78, 5) is 17.1. The normalized spacial score (nSPS) is 16.2. The monoisotopic (exact) mass is 287 g/mol. The molecule has 0 unspecified atom stereocenters. The molecule has 0 aliphatic carbocycles.